The molecule has 0 saturated heterocycles. The van der Waals surface area contributed by atoms with Gasteiger partial charge in [-0.15, -0.1) is 0 Å². The van der Waals surface area contributed by atoms with Gasteiger partial charge in [-0.1, -0.05) is 30.7 Å². The standard InChI is InChI=1S/C15H24ClN3O/c1-5-11(2)19-15(17-4)18-10-12(3)20-14-9-7-6-8-13(14)16/h6-9,11-12H,5,10H2,1-4H3,(H2,17,18,19). The number of halogens is 1. The van der Waals surface area contributed by atoms with Gasteiger partial charge in [0.15, 0.2) is 5.96 Å². The Kier molecular flexibility index (Phi) is 7.23. The van der Waals surface area contributed by atoms with Crippen molar-refractivity contribution in [1.82, 2.24) is 10.6 Å². The first-order valence-electron chi connectivity index (χ1n) is 6.95. The van der Waals surface area contributed by atoms with Crippen LogP contribution in [0.25, 0.3) is 0 Å². The molecule has 0 aliphatic heterocycles. The number of nitrogens with zero attached hydrogens (tertiary/aromatic N) is 1. The lowest BCUT2D eigenvalue weighted by atomic mass is 10.3. The average molecular weight is 298 g/mol. The highest BCUT2D eigenvalue weighted by Gasteiger charge is 2.08. The van der Waals surface area contributed by atoms with Gasteiger partial charge < -0.3 is 15.4 Å². The molecule has 5 heteroatoms. The Labute approximate surface area is 126 Å². The van der Waals surface area contributed by atoms with E-state index in [0.29, 0.717) is 23.4 Å². The number of hydrogen-bond donors (Lipinski definition) is 2. The second-order valence-corrected chi connectivity index (χ2v) is 5.17. The number of benzene rings is 1. The number of aliphatic imine (C=N–C) groups is 1. The molecule has 1 aromatic rings. The van der Waals surface area contributed by atoms with Gasteiger partial charge in [-0.25, -0.2) is 0 Å². The molecule has 0 radical (unpaired) electrons. The molecule has 0 bridgehead atoms. The van der Waals surface area contributed by atoms with Crippen molar-refractivity contribution in [2.75, 3.05) is 13.6 Å². The quantitative estimate of drug-likeness (QED) is 0.626. The van der Waals surface area contributed by atoms with Crippen LogP contribution in [0.1, 0.15) is 27.2 Å². The van der Waals surface area contributed by atoms with Gasteiger partial charge in [0.05, 0.1) is 11.6 Å². The molecule has 0 aromatic heterocycles. The number of nitrogens with one attached hydrogen (secondary N) is 2. The zero-order valence-corrected chi connectivity index (χ0v) is 13.4. The summed E-state index contributed by atoms with van der Waals surface area (Å²) in [6, 6.07) is 7.87. The van der Waals surface area contributed by atoms with E-state index in [9.17, 15) is 0 Å². The van der Waals surface area contributed by atoms with Crippen molar-refractivity contribution in [3.05, 3.63) is 29.3 Å². The highest BCUT2D eigenvalue weighted by Crippen LogP contribution is 2.23. The van der Waals surface area contributed by atoms with Gasteiger partial charge in [-0.05, 0) is 32.4 Å². The minimum Gasteiger partial charge on any atom is -0.487 e. The largest absolute Gasteiger partial charge is 0.487 e. The Morgan fingerprint density at radius 1 is 1.35 bits per heavy atom. The third-order valence-electron chi connectivity index (χ3n) is 2.94. The van der Waals surface area contributed by atoms with Crippen LogP contribution in [-0.2, 0) is 0 Å². The number of para-hydroxylation sites is 1. The van der Waals surface area contributed by atoms with Gasteiger partial charge in [0.2, 0.25) is 0 Å². The van der Waals surface area contributed by atoms with Gasteiger partial charge in [0, 0.05) is 13.1 Å². The van der Waals surface area contributed by atoms with Crippen LogP contribution in [-0.4, -0.2) is 31.7 Å². The molecule has 112 valence electrons. The smallest absolute Gasteiger partial charge is 0.191 e. The Hall–Kier alpha value is -1.42. The maximum Gasteiger partial charge on any atom is 0.191 e. The minimum atomic E-state index is -0.00890. The van der Waals surface area contributed by atoms with E-state index in [1.807, 2.05) is 31.2 Å². The molecular formula is C15H24ClN3O. The van der Waals surface area contributed by atoms with E-state index in [1.54, 1.807) is 7.05 Å². The summed E-state index contributed by atoms with van der Waals surface area (Å²) in [4.78, 5) is 4.19. The molecule has 0 saturated carbocycles. The first kappa shape index (κ1) is 16.6. The van der Waals surface area contributed by atoms with Crippen molar-refractivity contribution in [2.24, 2.45) is 4.99 Å². The van der Waals surface area contributed by atoms with Gasteiger partial charge >= 0.3 is 0 Å². The fraction of sp³-hybridized carbons (Fsp3) is 0.533. The number of hydrogen-bond acceptors (Lipinski definition) is 2. The molecule has 20 heavy (non-hydrogen) atoms. The van der Waals surface area contributed by atoms with Gasteiger partial charge in [0.1, 0.15) is 11.9 Å². The van der Waals surface area contributed by atoms with E-state index in [2.05, 4.69) is 29.5 Å². The van der Waals surface area contributed by atoms with Gasteiger partial charge in [-0.3, -0.25) is 4.99 Å². The van der Waals surface area contributed by atoms with Crippen LogP contribution in [0.4, 0.5) is 0 Å². The molecule has 2 N–H and O–H groups in total. The average Bonchev–Trinajstić information content (AvgIpc) is 2.45. The van der Waals surface area contributed by atoms with Gasteiger partial charge in [0.25, 0.3) is 0 Å². The fourth-order valence-corrected chi connectivity index (χ4v) is 1.75. The molecule has 0 amide bonds. The van der Waals surface area contributed by atoms with E-state index in [-0.39, 0.29) is 6.10 Å². The zero-order chi connectivity index (χ0) is 15.0. The minimum absolute atomic E-state index is 0.00890. The Morgan fingerprint density at radius 3 is 2.65 bits per heavy atom. The maximum absolute atomic E-state index is 6.06. The molecule has 2 unspecified atom stereocenters. The third-order valence-corrected chi connectivity index (χ3v) is 3.25. The summed E-state index contributed by atoms with van der Waals surface area (Å²) in [5, 5.41) is 7.18. The third kappa shape index (κ3) is 5.70. The predicted octanol–water partition coefficient (Wildman–Crippen LogP) is 3.07. The summed E-state index contributed by atoms with van der Waals surface area (Å²) in [7, 11) is 1.76. The molecule has 0 heterocycles. The van der Waals surface area contributed by atoms with E-state index >= 15 is 0 Å². The van der Waals surface area contributed by atoms with Crippen molar-refractivity contribution in [3.8, 4) is 5.75 Å². The normalized spacial score (nSPS) is 14.6. The first-order valence-corrected chi connectivity index (χ1v) is 7.33. The molecular weight excluding hydrogens is 274 g/mol. The monoisotopic (exact) mass is 297 g/mol. The van der Waals surface area contributed by atoms with E-state index in [0.717, 1.165) is 12.4 Å². The fourth-order valence-electron chi connectivity index (χ4n) is 1.57. The lowest BCUT2D eigenvalue weighted by Gasteiger charge is -2.20. The second kappa shape index (κ2) is 8.69. The van der Waals surface area contributed by atoms with E-state index in [1.165, 1.54) is 0 Å². The van der Waals surface area contributed by atoms with Crippen LogP contribution in [0.5, 0.6) is 5.75 Å². The van der Waals surface area contributed by atoms with Crippen molar-refractivity contribution in [3.63, 3.8) is 0 Å². The SMILES string of the molecule is CCC(C)NC(=NC)NCC(C)Oc1ccccc1Cl. The lowest BCUT2D eigenvalue weighted by Crippen LogP contribution is -2.45. The Balaban J connectivity index is 2.43. The lowest BCUT2D eigenvalue weighted by molar-refractivity contribution is 0.224. The van der Waals surface area contributed by atoms with E-state index < -0.39 is 0 Å². The number of guanidine groups is 1. The molecule has 0 aliphatic rings. The predicted molar refractivity (Wildman–Crippen MR) is 85.8 cm³/mol. The van der Waals surface area contributed by atoms with E-state index in [4.69, 9.17) is 16.3 Å². The molecule has 1 aromatic carbocycles. The van der Waals surface area contributed by atoms with Crippen LogP contribution < -0.4 is 15.4 Å². The van der Waals surface area contributed by atoms with Crippen LogP contribution in [0.15, 0.2) is 29.3 Å². The van der Waals surface area contributed by atoms with Gasteiger partial charge in [-0.2, -0.15) is 0 Å². The molecule has 0 fully saturated rings. The Morgan fingerprint density at radius 2 is 2.05 bits per heavy atom. The maximum atomic E-state index is 6.06. The zero-order valence-electron chi connectivity index (χ0n) is 12.6. The van der Waals surface area contributed by atoms with Crippen molar-refractivity contribution >= 4 is 17.6 Å². The molecule has 0 spiro atoms. The molecule has 4 nitrogen and oxygen atoms in total. The second-order valence-electron chi connectivity index (χ2n) is 4.77. The highest BCUT2D eigenvalue weighted by atomic mass is 35.5. The van der Waals surface area contributed by atoms with Crippen LogP contribution in [0.2, 0.25) is 5.02 Å². The summed E-state index contributed by atoms with van der Waals surface area (Å²) in [5.74, 6) is 1.49. The van der Waals surface area contributed by atoms with Crippen LogP contribution in [0, 0.1) is 0 Å². The summed E-state index contributed by atoms with van der Waals surface area (Å²) in [6.07, 6.45) is 1.04. The van der Waals surface area contributed by atoms with Crippen molar-refractivity contribution in [2.45, 2.75) is 39.3 Å². The van der Waals surface area contributed by atoms with Crippen LogP contribution >= 0.6 is 11.6 Å². The van der Waals surface area contributed by atoms with Crippen molar-refractivity contribution in [1.29, 1.82) is 0 Å². The van der Waals surface area contributed by atoms with Crippen LogP contribution in [0.3, 0.4) is 0 Å². The summed E-state index contributed by atoms with van der Waals surface area (Å²) in [5.41, 5.74) is 0. The molecule has 0 aliphatic carbocycles. The first-order chi connectivity index (χ1) is 9.56. The number of rotatable bonds is 6. The molecule has 1 rings (SSSR count). The summed E-state index contributed by atoms with van der Waals surface area (Å²) >= 11 is 6.06. The number of ether oxygens (including phenoxy) is 1. The van der Waals surface area contributed by atoms with Crippen molar-refractivity contribution < 1.29 is 4.74 Å². The topological polar surface area (TPSA) is 45.7 Å². The Bertz CT molecular complexity index is 437. The summed E-state index contributed by atoms with van der Waals surface area (Å²) < 4.78 is 5.79. The summed E-state index contributed by atoms with van der Waals surface area (Å²) in [6.45, 7) is 6.90. The highest BCUT2D eigenvalue weighted by molar-refractivity contribution is 6.32. The molecule has 2 atom stereocenters.